The molecule has 2 aromatic rings. The molecule has 1 aromatic heterocycles. The lowest BCUT2D eigenvalue weighted by Crippen LogP contribution is -2.42. The number of nitrogens with zero attached hydrogens (tertiary/aromatic N) is 3. The maximum atomic E-state index is 12.9. The molecular formula is C18H24N4O6S. The van der Waals surface area contributed by atoms with E-state index in [0.717, 1.165) is 0 Å². The first-order valence-electron chi connectivity index (χ1n) is 9.14. The van der Waals surface area contributed by atoms with Gasteiger partial charge in [-0.15, -0.1) is 0 Å². The number of nitrogens with one attached hydrogen (secondary N) is 1. The van der Waals surface area contributed by atoms with Crippen LogP contribution in [-0.4, -0.2) is 56.1 Å². The van der Waals surface area contributed by atoms with E-state index in [4.69, 9.17) is 14.0 Å². The minimum Gasteiger partial charge on any atom is -0.493 e. The average molecular weight is 424 g/mol. The van der Waals surface area contributed by atoms with Gasteiger partial charge in [-0.3, -0.25) is 4.79 Å². The first kappa shape index (κ1) is 21.1. The number of benzene rings is 1. The van der Waals surface area contributed by atoms with Gasteiger partial charge in [0.05, 0.1) is 25.7 Å². The molecule has 1 aromatic carbocycles. The zero-order valence-corrected chi connectivity index (χ0v) is 17.4. The molecule has 0 spiro atoms. The van der Waals surface area contributed by atoms with E-state index >= 15 is 0 Å². The molecule has 0 aliphatic carbocycles. The minimum absolute atomic E-state index is 0.129. The van der Waals surface area contributed by atoms with Crippen molar-refractivity contribution in [1.29, 1.82) is 0 Å². The number of ether oxygens (including phenoxy) is 2. The highest BCUT2D eigenvalue weighted by atomic mass is 32.2. The predicted octanol–water partition coefficient (Wildman–Crippen LogP) is 1.11. The van der Waals surface area contributed by atoms with E-state index in [1.165, 1.54) is 30.7 Å². The van der Waals surface area contributed by atoms with Gasteiger partial charge in [0, 0.05) is 25.1 Å². The smallest absolute Gasteiger partial charge is 0.246 e. The van der Waals surface area contributed by atoms with Crippen LogP contribution in [-0.2, 0) is 21.4 Å². The molecule has 29 heavy (non-hydrogen) atoms. The number of carbonyl (C=O) groups excluding carboxylic acids is 1. The van der Waals surface area contributed by atoms with Crippen LogP contribution < -0.4 is 14.8 Å². The van der Waals surface area contributed by atoms with E-state index in [1.807, 2.05) is 0 Å². The van der Waals surface area contributed by atoms with Gasteiger partial charge in [-0.25, -0.2) is 8.42 Å². The summed E-state index contributed by atoms with van der Waals surface area (Å²) in [5.41, 5.74) is 0. The van der Waals surface area contributed by atoms with E-state index in [1.54, 1.807) is 13.0 Å². The molecule has 1 amide bonds. The molecule has 0 saturated carbocycles. The number of aryl methyl sites for hydroxylation is 1. The monoisotopic (exact) mass is 424 g/mol. The molecule has 158 valence electrons. The van der Waals surface area contributed by atoms with E-state index in [-0.39, 0.29) is 36.4 Å². The third-order valence-electron chi connectivity index (χ3n) is 4.80. The quantitative estimate of drug-likeness (QED) is 0.701. The topological polar surface area (TPSA) is 124 Å². The number of carbonyl (C=O) groups is 1. The van der Waals surface area contributed by atoms with Gasteiger partial charge in [0.15, 0.2) is 17.3 Å². The molecule has 2 heterocycles. The van der Waals surface area contributed by atoms with Gasteiger partial charge in [-0.1, -0.05) is 5.16 Å². The van der Waals surface area contributed by atoms with Gasteiger partial charge >= 0.3 is 0 Å². The van der Waals surface area contributed by atoms with Gasteiger partial charge < -0.3 is 19.3 Å². The molecular weight excluding hydrogens is 400 g/mol. The molecule has 0 atom stereocenters. The van der Waals surface area contributed by atoms with E-state index in [2.05, 4.69) is 15.5 Å². The van der Waals surface area contributed by atoms with Crippen molar-refractivity contribution >= 4 is 15.9 Å². The lowest BCUT2D eigenvalue weighted by molar-refractivity contribution is -0.126. The highest BCUT2D eigenvalue weighted by Gasteiger charge is 2.32. The Hall–Kier alpha value is -2.66. The summed E-state index contributed by atoms with van der Waals surface area (Å²) in [6.07, 6.45) is 0.864. The summed E-state index contributed by atoms with van der Waals surface area (Å²) in [6, 6.07) is 4.49. The standard InChI is InChI=1S/C18H24N4O6S/c1-12-20-17(28-21-12)11-19-18(23)13-6-8-22(9-7-13)29(24,25)14-4-5-15(26-2)16(10-14)27-3/h4-5,10,13H,6-9,11H2,1-3H3,(H,19,23). The largest absolute Gasteiger partial charge is 0.493 e. The van der Waals surface area contributed by atoms with Gasteiger partial charge in [0.1, 0.15) is 0 Å². The Morgan fingerprint density at radius 1 is 1.24 bits per heavy atom. The van der Waals surface area contributed by atoms with Crippen LogP contribution in [0.4, 0.5) is 0 Å². The Kier molecular flexibility index (Phi) is 6.38. The minimum atomic E-state index is -3.69. The summed E-state index contributed by atoms with van der Waals surface area (Å²) in [4.78, 5) is 16.5. The number of sulfonamides is 1. The van der Waals surface area contributed by atoms with Crippen LogP contribution in [0.25, 0.3) is 0 Å². The molecule has 1 aliphatic rings. The zero-order valence-electron chi connectivity index (χ0n) is 16.5. The fourth-order valence-corrected chi connectivity index (χ4v) is 4.69. The second kappa shape index (κ2) is 8.78. The normalized spacial score (nSPS) is 15.8. The SMILES string of the molecule is COc1ccc(S(=O)(=O)N2CCC(C(=O)NCc3nc(C)no3)CC2)cc1OC. The Morgan fingerprint density at radius 2 is 1.93 bits per heavy atom. The molecule has 1 aliphatic heterocycles. The lowest BCUT2D eigenvalue weighted by Gasteiger charge is -2.30. The summed E-state index contributed by atoms with van der Waals surface area (Å²) in [5.74, 6) is 1.23. The van der Waals surface area contributed by atoms with Crippen molar-refractivity contribution in [2.45, 2.75) is 31.2 Å². The van der Waals surface area contributed by atoms with Crippen molar-refractivity contribution in [3.05, 3.63) is 29.9 Å². The highest BCUT2D eigenvalue weighted by molar-refractivity contribution is 7.89. The Bertz CT molecular complexity index is 966. The van der Waals surface area contributed by atoms with Gasteiger partial charge in [-0.2, -0.15) is 9.29 Å². The van der Waals surface area contributed by atoms with Crippen molar-refractivity contribution in [1.82, 2.24) is 19.8 Å². The van der Waals surface area contributed by atoms with Crippen molar-refractivity contribution in [2.24, 2.45) is 5.92 Å². The molecule has 0 unspecified atom stereocenters. The van der Waals surface area contributed by atoms with Crippen LogP contribution in [0.15, 0.2) is 27.6 Å². The van der Waals surface area contributed by atoms with Crippen LogP contribution in [0, 0.1) is 12.8 Å². The van der Waals surface area contributed by atoms with E-state index < -0.39 is 10.0 Å². The molecule has 0 radical (unpaired) electrons. The van der Waals surface area contributed by atoms with Gasteiger partial charge in [-0.05, 0) is 31.9 Å². The van der Waals surface area contributed by atoms with E-state index in [9.17, 15) is 13.2 Å². The van der Waals surface area contributed by atoms with Crippen LogP contribution >= 0.6 is 0 Å². The van der Waals surface area contributed by atoms with Gasteiger partial charge in [0.2, 0.25) is 21.8 Å². The summed E-state index contributed by atoms with van der Waals surface area (Å²) in [5, 5.41) is 6.43. The zero-order chi connectivity index (χ0) is 21.0. The van der Waals surface area contributed by atoms with Crippen LogP contribution in [0.1, 0.15) is 24.6 Å². The maximum Gasteiger partial charge on any atom is 0.246 e. The Morgan fingerprint density at radius 3 is 2.52 bits per heavy atom. The van der Waals surface area contributed by atoms with E-state index in [0.29, 0.717) is 36.1 Å². The van der Waals surface area contributed by atoms with Crippen molar-refractivity contribution < 1.29 is 27.2 Å². The number of hydrogen-bond donors (Lipinski definition) is 1. The molecule has 1 N–H and O–H groups in total. The first-order valence-corrected chi connectivity index (χ1v) is 10.6. The predicted molar refractivity (Wildman–Crippen MR) is 102 cm³/mol. The maximum absolute atomic E-state index is 12.9. The lowest BCUT2D eigenvalue weighted by atomic mass is 9.97. The Labute approximate surface area is 169 Å². The third-order valence-corrected chi connectivity index (χ3v) is 6.70. The van der Waals surface area contributed by atoms with Gasteiger partial charge in [0.25, 0.3) is 0 Å². The molecule has 3 rings (SSSR count). The number of amides is 1. The number of hydrogen-bond acceptors (Lipinski definition) is 8. The average Bonchev–Trinajstić information content (AvgIpc) is 3.16. The van der Waals surface area contributed by atoms with Crippen molar-refractivity contribution in [3.63, 3.8) is 0 Å². The molecule has 0 bridgehead atoms. The summed E-state index contributed by atoms with van der Waals surface area (Å²) in [7, 11) is -0.749. The second-order valence-corrected chi connectivity index (χ2v) is 8.59. The summed E-state index contributed by atoms with van der Waals surface area (Å²) in [6.45, 7) is 2.37. The third kappa shape index (κ3) is 4.67. The number of piperidine rings is 1. The van der Waals surface area contributed by atoms with Crippen LogP contribution in [0.5, 0.6) is 11.5 Å². The fourth-order valence-electron chi connectivity index (χ4n) is 3.20. The number of methoxy groups -OCH3 is 2. The molecule has 1 fully saturated rings. The first-order chi connectivity index (χ1) is 13.8. The highest BCUT2D eigenvalue weighted by Crippen LogP contribution is 2.32. The molecule has 1 saturated heterocycles. The number of rotatable bonds is 7. The summed E-state index contributed by atoms with van der Waals surface area (Å²) < 4.78 is 42.6. The van der Waals surface area contributed by atoms with Crippen molar-refractivity contribution in [2.75, 3.05) is 27.3 Å². The van der Waals surface area contributed by atoms with Crippen molar-refractivity contribution in [3.8, 4) is 11.5 Å². The van der Waals surface area contributed by atoms with Crippen LogP contribution in [0.2, 0.25) is 0 Å². The fraction of sp³-hybridized carbons (Fsp3) is 0.500. The molecule has 10 nitrogen and oxygen atoms in total. The molecule has 11 heteroatoms. The summed E-state index contributed by atoms with van der Waals surface area (Å²) >= 11 is 0. The number of aromatic nitrogens is 2. The Balaban J connectivity index is 1.59. The second-order valence-electron chi connectivity index (χ2n) is 6.65. The van der Waals surface area contributed by atoms with Crippen LogP contribution in [0.3, 0.4) is 0 Å².